The number of hydrogen-bond donors (Lipinski definition) is 0. The van der Waals surface area contributed by atoms with E-state index in [-0.39, 0.29) is 11.7 Å². The first-order valence-corrected chi connectivity index (χ1v) is 15.7. The van der Waals surface area contributed by atoms with Gasteiger partial charge in [-0.1, -0.05) is 66.0 Å². The van der Waals surface area contributed by atoms with Crippen molar-refractivity contribution in [1.29, 1.82) is 0 Å². The van der Waals surface area contributed by atoms with E-state index in [0.717, 1.165) is 35.2 Å². The molecule has 2 aromatic heterocycles. The standard InChI is InChI=1S/C6H2Cl2F3N.C5H2Cl2IN.C4H9F3Si.C4H8O.CH3F/c7-4-2-1-3(5(8)12-4)6(9,10)11;6-4-2-1-3(8)5(7)9-4;1-8(2,3)4(5,6)7;1-2-4-5-3-1;1-2/h1-2H;1-2H;1-3H3;1-4H2;1H3/i;;;3D;. The minimum absolute atomic E-state index is 0.0620. The molecule has 208 valence electrons. The Morgan fingerprint density at radius 1 is 0.861 bits per heavy atom. The lowest BCUT2D eigenvalue weighted by molar-refractivity contribution is -0.137. The van der Waals surface area contributed by atoms with Gasteiger partial charge in [-0.25, -0.2) is 9.97 Å². The van der Waals surface area contributed by atoms with Crippen molar-refractivity contribution in [3.63, 3.8) is 0 Å². The van der Waals surface area contributed by atoms with Crippen LogP contribution in [0.4, 0.5) is 30.7 Å². The largest absolute Gasteiger partial charge is 0.419 e. The summed E-state index contributed by atoms with van der Waals surface area (Å²) in [6, 6.07) is 5.35. The highest BCUT2D eigenvalue weighted by Crippen LogP contribution is 2.34. The second-order valence-electron chi connectivity index (χ2n) is 7.30. The lowest BCUT2D eigenvalue weighted by atomic mass is 10.3. The lowest BCUT2D eigenvalue weighted by Crippen LogP contribution is -2.40. The summed E-state index contributed by atoms with van der Waals surface area (Å²) in [7, 11) is -2.36. The Labute approximate surface area is 241 Å². The van der Waals surface area contributed by atoms with Crippen LogP contribution in [0.1, 0.15) is 19.8 Å². The van der Waals surface area contributed by atoms with Gasteiger partial charge in [-0.2, -0.15) is 26.3 Å². The summed E-state index contributed by atoms with van der Waals surface area (Å²) in [6.45, 7) is 4.45. The van der Waals surface area contributed by atoms with Crippen molar-refractivity contribution in [3.05, 3.63) is 54.0 Å². The van der Waals surface area contributed by atoms with Gasteiger partial charge in [-0.05, 0) is 59.7 Å². The molecule has 1 saturated heterocycles. The molecule has 0 saturated carbocycles. The predicted molar refractivity (Wildman–Crippen MR) is 143 cm³/mol. The van der Waals surface area contributed by atoms with Crippen LogP contribution in [0, 0.1) is 3.57 Å². The van der Waals surface area contributed by atoms with Crippen molar-refractivity contribution in [1.82, 2.24) is 9.97 Å². The third kappa shape index (κ3) is 17.4. The molecule has 16 heteroatoms. The first-order valence-electron chi connectivity index (χ1n) is 10.2. The molecule has 0 aromatic carbocycles. The number of aromatic nitrogens is 2. The monoisotopic (exact) mass is 737 g/mol. The van der Waals surface area contributed by atoms with Gasteiger partial charge in [0.15, 0.2) is 8.07 Å². The first kappa shape index (κ1) is 35.9. The smallest absolute Gasteiger partial charge is 0.381 e. The molecule has 1 aliphatic rings. The zero-order valence-corrected chi connectivity index (χ0v) is 25.5. The maximum Gasteiger partial charge on any atom is 0.419 e. The highest BCUT2D eigenvalue weighted by Gasteiger charge is 2.45. The third-order valence-corrected chi connectivity index (χ3v) is 7.33. The normalized spacial score (nSPS) is 15.4. The molecule has 0 amide bonds. The van der Waals surface area contributed by atoms with Crippen LogP contribution < -0.4 is 0 Å². The topological polar surface area (TPSA) is 35.0 Å². The molecule has 0 spiro atoms. The molecule has 0 N–H and O–H groups in total. The predicted octanol–water partition coefficient (Wildman–Crippen LogP) is 10.2. The van der Waals surface area contributed by atoms with Gasteiger partial charge in [0.1, 0.15) is 20.6 Å². The maximum absolute atomic E-state index is 12.0. The fraction of sp³-hybridized carbons (Fsp3) is 0.500. The molecule has 3 nitrogen and oxygen atoms in total. The summed E-state index contributed by atoms with van der Waals surface area (Å²) < 4.78 is 93.1. The van der Waals surface area contributed by atoms with Gasteiger partial charge in [-0.15, -0.1) is 0 Å². The number of nitrogens with zero attached hydrogens (tertiary/aromatic N) is 2. The van der Waals surface area contributed by atoms with Crippen molar-refractivity contribution >= 4 is 77.1 Å². The zero-order chi connectivity index (χ0) is 29.6. The minimum atomic E-state index is -4.48. The average molecular weight is 739 g/mol. The highest BCUT2D eigenvalue weighted by atomic mass is 127. The zero-order valence-electron chi connectivity index (χ0n) is 20.3. The molecule has 0 bridgehead atoms. The summed E-state index contributed by atoms with van der Waals surface area (Å²) in [5.41, 5.74) is -0.978. The van der Waals surface area contributed by atoms with Gasteiger partial charge in [0.05, 0.1) is 17.7 Å². The summed E-state index contributed by atoms with van der Waals surface area (Å²) in [6.07, 6.45) is -2.47. The second-order valence-corrected chi connectivity index (χ2v) is 15.0. The van der Waals surface area contributed by atoms with Gasteiger partial charge in [0.25, 0.3) is 0 Å². The molecule has 3 heterocycles. The van der Waals surface area contributed by atoms with Crippen LogP contribution in [-0.2, 0) is 10.9 Å². The molecular formula is C20H24Cl4F7IN2OSi. The second kappa shape index (κ2) is 18.2. The van der Waals surface area contributed by atoms with E-state index in [0.29, 0.717) is 17.5 Å². The Morgan fingerprint density at radius 2 is 1.31 bits per heavy atom. The number of alkyl halides is 7. The Morgan fingerprint density at radius 3 is 1.56 bits per heavy atom. The molecule has 3 rings (SSSR count). The first-order chi connectivity index (χ1) is 16.8. The molecule has 1 fully saturated rings. The van der Waals surface area contributed by atoms with Crippen molar-refractivity contribution < 1.29 is 36.8 Å². The molecular weight excluding hydrogens is 714 g/mol. The fourth-order valence-electron chi connectivity index (χ4n) is 1.44. The Hall–Kier alpha value is -0.123. The number of rotatable bonds is 0. The summed E-state index contributed by atoms with van der Waals surface area (Å²) in [5.74, 6) is -3.92. The molecule has 2 aromatic rings. The molecule has 36 heavy (non-hydrogen) atoms. The lowest BCUT2D eigenvalue weighted by Gasteiger charge is -2.19. The van der Waals surface area contributed by atoms with E-state index in [1.54, 1.807) is 6.07 Å². The highest BCUT2D eigenvalue weighted by molar-refractivity contribution is 14.1. The van der Waals surface area contributed by atoms with Gasteiger partial charge < -0.3 is 4.74 Å². The van der Waals surface area contributed by atoms with Crippen LogP contribution in [0.3, 0.4) is 0 Å². The maximum atomic E-state index is 12.0. The molecule has 0 radical (unpaired) electrons. The van der Waals surface area contributed by atoms with Gasteiger partial charge in [-0.3, -0.25) is 4.39 Å². The van der Waals surface area contributed by atoms with E-state index in [4.69, 9.17) is 52.5 Å². The van der Waals surface area contributed by atoms with E-state index >= 15 is 0 Å². The SMILES string of the molecule is CF.C[Si](C)(C)C(F)(F)F.Clc1ccc(I)c(Cl)n1.FC(F)(F)c1ccc(Cl)nc1Cl.[2H]C1CCCO1. The van der Waals surface area contributed by atoms with E-state index in [9.17, 15) is 30.7 Å². The van der Waals surface area contributed by atoms with Crippen LogP contribution in [-0.4, -0.2) is 44.2 Å². The van der Waals surface area contributed by atoms with E-state index < -0.39 is 30.8 Å². The molecule has 1 atom stereocenters. The van der Waals surface area contributed by atoms with Gasteiger partial charge >= 0.3 is 12.0 Å². The number of ether oxygens (including phenoxy) is 1. The van der Waals surface area contributed by atoms with Gasteiger partial charge in [0, 0.05) is 13.2 Å². The van der Waals surface area contributed by atoms with Crippen molar-refractivity contribution in [2.24, 2.45) is 0 Å². The van der Waals surface area contributed by atoms with Crippen molar-refractivity contribution in [3.8, 4) is 0 Å². The molecule has 1 aliphatic heterocycles. The minimum Gasteiger partial charge on any atom is -0.381 e. The third-order valence-electron chi connectivity index (χ3n) is 3.44. The Balaban J connectivity index is 0. The van der Waals surface area contributed by atoms with Crippen LogP contribution >= 0.6 is 69.0 Å². The Kier molecular flexibility index (Phi) is 18.2. The summed E-state index contributed by atoms with van der Waals surface area (Å²) >= 11 is 23.7. The Bertz CT molecular complexity index is 921. The molecule has 0 aliphatic carbocycles. The number of hydrogen-bond acceptors (Lipinski definition) is 3. The van der Waals surface area contributed by atoms with Crippen molar-refractivity contribution in [2.75, 3.05) is 20.4 Å². The summed E-state index contributed by atoms with van der Waals surface area (Å²) in [4.78, 5) is 7.05. The van der Waals surface area contributed by atoms with Crippen LogP contribution in [0.5, 0.6) is 0 Å². The van der Waals surface area contributed by atoms with Gasteiger partial charge in [0.2, 0.25) is 0 Å². The van der Waals surface area contributed by atoms with Crippen molar-refractivity contribution in [2.45, 2.75) is 44.5 Å². The van der Waals surface area contributed by atoms with Crippen LogP contribution in [0.15, 0.2) is 24.3 Å². The summed E-state index contributed by atoms with van der Waals surface area (Å²) in [5, 5.41) is 0.200. The molecule has 1 unspecified atom stereocenters. The van der Waals surface area contributed by atoms with Crippen LogP contribution in [0.2, 0.25) is 40.3 Å². The average Bonchev–Trinajstić information content (AvgIpc) is 3.22. The van der Waals surface area contributed by atoms with Crippen LogP contribution in [0.25, 0.3) is 0 Å². The number of halogens is 12. The van der Waals surface area contributed by atoms with E-state index in [1.807, 2.05) is 6.07 Å². The number of pyridine rings is 2. The fourth-order valence-corrected chi connectivity index (χ4v) is 2.53. The van der Waals surface area contributed by atoms with E-state index in [1.165, 1.54) is 19.6 Å². The quantitative estimate of drug-likeness (QED) is 0.117. The van der Waals surface area contributed by atoms with E-state index in [2.05, 4.69) is 32.6 Å².